The van der Waals surface area contributed by atoms with Crippen LogP contribution in [0.1, 0.15) is 12.8 Å². The number of nitrogens with zero attached hydrogens (tertiary/aromatic N) is 2. The van der Waals surface area contributed by atoms with Gasteiger partial charge in [-0.15, -0.1) is 5.10 Å². The van der Waals surface area contributed by atoms with Gasteiger partial charge in [0.1, 0.15) is 5.76 Å². The van der Waals surface area contributed by atoms with Crippen LogP contribution in [0.5, 0.6) is 0 Å². The van der Waals surface area contributed by atoms with E-state index in [4.69, 9.17) is 27.4 Å². The third-order valence-corrected chi connectivity index (χ3v) is 7.00. The van der Waals surface area contributed by atoms with Crippen molar-refractivity contribution in [1.82, 2.24) is 10.3 Å². The summed E-state index contributed by atoms with van der Waals surface area (Å²) < 4.78 is 12.0. The zero-order valence-electron chi connectivity index (χ0n) is 15.0. The second-order valence-electron chi connectivity index (χ2n) is 7.99. The van der Waals surface area contributed by atoms with Gasteiger partial charge in [-0.3, -0.25) is 10.2 Å². The lowest BCUT2D eigenvalue weighted by molar-refractivity contribution is -0.140. The van der Waals surface area contributed by atoms with E-state index in [1.54, 1.807) is 6.08 Å². The number of hydrogen-bond donors (Lipinski definition) is 2. The first kappa shape index (κ1) is 16.9. The van der Waals surface area contributed by atoms with Gasteiger partial charge < -0.3 is 20.1 Å². The summed E-state index contributed by atoms with van der Waals surface area (Å²) in [5.41, 5.74) is 7.64. The molecule has 3 aliphatic carbocycles. The van der Waals surface area contributed by atoms with Crippen LogP contribution in [0.25, 0.3) is 0 Å². The van der Waals surface area contributed by atoms with Gasteiger partial charge in [0.05, 0.1) is 0 Å². The van der Waals surface area contributed by atoms with Crippen LogP contribution < -0.4 is 11.2 Å². The van der Waals surface area contributed by atoms with Gasteiger partial charge in [-0.25, -0.2) is 0 Å². The van der Waals surface area contributed by atoms with Gasteiger partial charge in [-0.1, -0.05) is 12.2 Å². The highest BCUT2D eigenvalue weighted by atomic mass is 32.1. The Labute approximate surface area is 162 Å². The number of nitrogens with one attached hydrogen (secondary N) is 1. The Morgan fingerprint density at radius 2 is 2.37 bits per heavy atom. The Morgan fingerprint density at radius 3 is 3.19 bits per heavy atom. The number of carbonyl (C=O) groups excluding carboxylic acids is 1. The zero-order valence-corrected chi connectivity index (χ0v) is 15.8. The summed E-state index contributed by atoms with van der Waals surface area (Å²) >= 11 is 4.71. The van der Waals surface area contributed by atoms with Crippen molar-refractivity contribution in [2.75, 3.05) is 13.6 Å². The summed E-state index contributed by atoms with van der Waals surface area (Å²) in [4.78, 5) is 15.2. The van der Waals surface area contributed by atoms with E-state index >= 15 is 0 Å². The molecule has 27 heavy (non-hydrogen) atoms. The SMILES string of the molecule is CN1CC[C@@]23C4C5=C(OC=NNC(N)=S)C=CC4C[C@@H]1[C@@H]2C=CC(=O)[C@@H]3O5. The molecule has 0 radical (unpaired) electrons. The van der Waals surface area contributed by atoms with Crippen molar-refractivity contribution in [2.24, 2.45) is 34.0 Å². The van der Waals surface area contributed by atoms with Crippen molar-refractivity contribution in [2.45, 2.75) is 25.0 Å². The fraction of sp³-hybridized carbons (Fsp3) is 0.526. The number of rotatable bonds is 3. The zero-order chi connectivity index (χ0) is 18.8. The Morgan fingerprint density at radius 1 is 1.52 bits per heavy atom. The van der Waals surface area contributed by atoms with Crippen molar-refractivity contribution in [3.05, 3.63) is 35.8 Å². The number of piperidine rings is 1. The largest absolute Gasteiger partial charge is 0.482 e. The van der Waals surface area contributed by atoms with Crippen LogP contribution in [0.3, 0.4) is 0 Å². The van der Waals surface area contributed by atoms with Crippen LogP contribution in [-0.2, 0) is 14.3 Å². The number of thiocarbonyl (C=S) groups is 1. The molecule has 1 spiro atoms. The van der Waals surface area contributed by atoms with Gasteiger partial charge in [0.25, 0.3) is 0 Å². The van der Waals surface area contributed by atoms with E-state index < -0.39 is 6.10 Å². The number of nitrogens with two attached hydrogens (primary N) is 1. The maximum Gasteiger partial charge on any atom is 0.199 e. The number of carbonyl (C=O) groups is 1. The summed E-state index contributed by atoms with van der Waals surface area (Å²) in [5, 5.41) is 3.90. The highest BCUT2D eigenvalue weighted by Gasteiger charge is 2.69. The first-order valence-corrected chi connectivity index (χ1v) is 9.68. The van der Waals surface area contributed by atoms with Gasteiger partial charge in [0.15, 0.2) is 29.2 Å². The van der Waals surface area contributed by atoms with Crippen molar-refractivity contribution >= 4 is 29.5 Å². The smallest absolute Gasteiger partial charge is 0.199 e. The number of ether oxygens (including phenoxy) is 2. The quantitative estimate of drug-likeness (QED) is 0.324. The summed E-state index contributed by atoms with van der Waals surface area (Å²) in [5.74, 6) is 2.32. The molecule has 3 fully saturated rings. The van der Waals surface area contributed by atoms with E-state index in [-0.39, 0.29) is 22.2 Å². The molecule has 2 heterocycles. The second kappa shape index (κ2) is 5.90. The van der Waals surface area contributed by atoms with Crippen molar-refractivity contribution in [3.63, 3.8) is 0 Å². The van der Waals surface area contributed by atoms with E-state index in [9.17, 15) is 4.79 Å². The summed E-state index contributed by atoms with van der Waals surface area (Å²) in [6.07, 6.45) is 10.8. The van der Waals surface area contributed by atoms with Crippen molar-refractivity contribution in [1.29, 1.82) is 0 Å². The molecule has 7 nitrogen and oxygen atoms in total. The lowest BCUT2D eigenvalue weighted by Gasteiger charge is -2.59. The number of likely N-dealkylation sites (tertiary alicyclic amines) is 1. The minimum absolute atomic E-state index is 0.0675. The van der Waals surface area contributed by atoms with E-state index in [0.717, 1.165) is 25.1 Å². The Bertz CT molecular complexity index is 835. The molecule has 2 unspecified atom stereocenters. The van der Waals surface area contributed by atoms with Gasteiger partial charge in [0, 0.05) is 23.3 Å². The summed E-state index contributed by atoms with van der Waals surface area (Å²) in [6, 6.07) is 0.443. The lowest BCUT2D eigenvalue weighted by atomic mass is 9.48. The minimum Gasteiger partial charge on any atom is -0.482 e. The number of hydrazone groups is 1. The highest BCUT2D eigenvalue weighted by molar-refractivity contribution is 7.80. The van der Waals surface area contributed by atoms with Gasteiger partial charge >= 0.3 is 0 Å². The predicted molar refractivity (Wildman–Crippen MR) is 103 cm³/mol. The molecule has 0 aromatic rings. The van der Waals surface area contributed by atoms with E-state index in [0.29, 0.717) is 23.6 Å². The molecule has 2 bridgehead atoms. The van der Waals surface area contributed by atoms with Crippen LogP contribution in [0.2, 0.25) is 0 Å². The van der Waals surface area contributed by atoms with Crippen molar-refractivity contribution in [3.8, 4) is 0 Å². The monoisotopic (exact) mass is 386 g/mol. The Hall–Kier alpha value is -2.19. The van der Waals surface area contributed by atoms with Crippen LogP contribution in [-0.4, -0.2) is 47.9 Å². The maximum atomic E-state index is 12.7. The first-order chi connectivity index (χ1) is 13.0. The molecule has 5 aliphatic rings. The summed E-state index contributed by atoms with van der Waals surface area (Å²) in [6.45, 7) is 0.984. The van der Waals surface area contributed by atoms with Crippen LogP contribution in [0.15, 0.2) is 40.9 Å². The molecule has 8 heteroatoms. The normalized spacial score (nSPS) is 41.5. The van der Waals surface area contributed by atoms with Crippen LogP contribution in [0, 0.1) is 23.2 Å². The number of hydrogen-bond acceptors (Lipinski definition) is 6. The standard InChI is InChI=1S/C19H22N4O3S/c1-23-7-6-19-11-3-4-13(24)17(19)26-16-14(25-9-21-22-18(20)27)5-2-10(15(16)19)8-12(11)23/h2-5,9-12,15,17H,6-8H2,1H3,(H3,20,22,27)/t10?,11-,12+,15?,17-,19-/m0/s1. The molecular formula is C19H22N4O3S. The Kier molecular flexibility index (Phi) is 3.70. The molecule has 0 amide bonds. The van der Waals surface area contributed by atoms with Crippen molar-refractivity contribution < 1.29 is 14.3 Å². The maximum absolute atomic E-state index is 12.7. The van der Waals surface area contributed by atoms with E-state index in [1.807, 2.05) is 6.08 Å². The van der Waals surface area contributed by atoms with Crippen LogP contribution in [0.4, 0.5) is 0 Å². The average molecular weight is 386 g/mol. The second-order valence-corrected chi connectivity index (χ2v) is 8.43. The predicted octanol–water partition coefficient (Wildman–Crippen LogP) is 1.04. The highest BCUT2D eigenvalue weighted by Crippen LogP contribution is 2.66. The van der Waals surface area contributed by atoms with Gasteiger partial charge in [-0.05, 0) is 56.7 Å². The molecule has 0 aromatic carbocycles. The van der Waals surface area contributed by atoms with Crippen LogP contribution >= 0.6 is 12.2 Å². The molecule has 0 aromatic heterocycles. The van der Waals surface area contributed by atoms with Gasteiger partial charge in [-0.2, -0.15) is 0 Å². The van der Waals surface area contributed by atoms with E-state index in [2.05, 4.69) is 34.6 Å². The molecular weight excluding hydrogens is 364 g/mol. The lowest BCUT2D eigenvalue weighted by Crippen LogP contribution is -2.64. The molecule has 5 rings (SSSR count). The molecule has 142 valence electrons. The van der Waals surface area contributed by atoms with Gasteiger partial charge in [0.2, 0.25) is 0 Å². The molecule has 6 atom stereocenters. The fourth-order valence-electron chi connectivity index (χ4n) is 5.94. The Balaban J connectivity index is 1.54. The third kappa shape index (κ3) is 2.26. The third-order valence-electron chi connectivity index (χ3n) is 6.91. The fourth-order valence-corrected chi connectivity index (χ4v) is 5.99. The molecule has 2 saturated heterocycles. The molecule has 2 aliphatic heterocycles. The topological polar surface area (TPSA) is 89.2 Å². The summed E-state index contributed by atoms with van der Waals surface area (Å²) in [7, 11) is 2.19. The van der Waals surface area contributed by atoms with E-state index in [1.165, 1.54) is 6.40 Å². The first-order valence-electron chi connectivity index (χ1n) is 9.27. The average Bonchev–Trinajstić information content (AvgIpc) is 2.99. The molecule has 1 saturated carbocycles. The molecule has 3 N–H and O–H groups in total. The minimum atomic E-state index is -0.420. The number of allylic oxidation sites excluding steroid dienone is 3. The number of ketones is 1.